The van der Waals surface area contributed by atoms with Gasteiger partial charge in [-0.05, 0) is 37.5 Å². The highest BCUT2D eigenvalue weighted by Crippen LogP contribution is 2.22. The molecule has 5 nitrogen and oxygen atoms in total. The van der Waals surface area contributed by atoms with Crippen molar-refractivity contribution in [3.8, 4) is 5.75 Å². The van der Waals surface area contributed by atoms with Gasteiger partial charge < -0.3 is 15.0 Å². The third-order valence-electron chi connectivity index (χ3n) is 4.76. The highest BCUT2D eigenvalue weighted by atomic mass is 127. The molecule has 1 N–H and O–H groups in total. The van der Waals surface area contributed by atoms with Gasteiger partial charge in [-0.15, -0.1) is 24.0 Å². The zero-order valence-corrected chi connectivity index (χ0v) is 19.8. The number of guanidine groups is 1. The topological polar surface area (TPSA) is 40.1 Å². The zero-order chi connectivity index (χ0) is 21.3. The van der Waals surface area contributed by atoms with Crippen molar-refractivity contribution in [3.05, 3.63) is 29.6 Å². The van der Waals surface area contributed by atoms with Gasteiger partial charge >= 0.3 is 6.18 Å². The minimum atomic E-state index is -4.10. The van der Waals surface area contributed by atoms with Gasteiger partial charge in [0.25, 0.3) is 0 Å². The first-order valence-corrected chi connectivity index (χ1v) is 9.97. The Morgan fingerprint density at radius 3 is 2.43 bits per heavy atom. The summed E-state index contributed by atoms with van der Waals surface area (Å²) in [5.41, 5.74) is 0.891. The summed E-state index contributed by atoms with van der Waals surface area (Å²) < 4.78 is 55.5. The smallest absolute Gasteiger partial charge is 0.389 e. The molecule has 0 amide bonds. The van der Waals surface area contributed by atoms with Crippen LogP contribution >= 0.6 is 24.0 Å². The molecule has 0 aromatic heterocycles. The Balaban J connectivity index is 0.00000450. The molecule has 172 valence electrons. The zero-order valence-electron chi connectivity index (χ0n) is 17.5. The van der Waals surface area contributed by atoms with E-state index < -0.39 is 12.6 Å². The Hall–Kier alpha value is -1.30. The van der Waals surface area contributed by atoms with Crippen LogP contribution in [0.2, 0.25) is 0 Å². The number of aliphatic imine (C=N–C) groups is 1. The second kappa shape index (κ2) is 13.2. The predicted molar refractivity (Wildman–Crippen MR) is 121 cm³/mol. The van der Waals surface area contributed by atoms with Crippen molar-refractivity contribution in [3.63, 3.8) is 0 Å². The second-order valence-corrected chi connectivity index (χ2v) is 7.04. The number of methoxy groups -OCH3 is 1. The van der Waals surface area contributed by atoms with Gasteiger partial charge in [0.05, 0.1) is 7.11 Å². The first-order valence-electron chi connectivity index (χ1n) is 9.97. The maximum atomic E-state index is 13.9. The number of rotatable bonds is 8. The predicted octanol–water partition coefficient (Wildman–Crippen LogP) is 4.27. The summed E-state index contributed by atoms with van der Waals surface area (Å²) in [6, 6.07) is 4.99. The second-order valence-electron chi connectivity index (χ2n) is 7.04. The van der Waals surface area contributed by atoms with E-state index in [9.17, 15) is 17.6 Å². The van der Waals surface area contributed by atoms with E-state index in [0.29, 0.717) is 26.1 Å². The lowest BCUT2D eigenvalue weighted by atomic mass is 10.2. The maximum absolute atomic E-state index is 13.9. The average Bonchev–Trinajstić information content (AvgIpc) is 2.67. The molecule has 0 aliphatic carbocycles. The van der Waals surface area contributed by atoms with Crippen LogP contribution in [0, 0.1) is 5.82 Å². The van der Waals surface area contributed by atoms with Crippen LogP contribution in [0.25, 0.3) is 0 Å². The van der Waals surface area contributed by atoms with E-state index in [-0.39, 0.29) is 42.0 Å². The molecule has 1 aromatic carbocycles. The van der Waals surface area contributed by atoms with Crippen molar-refractivity contribution in [2.24, 2.45) is 4.99 Å². The number of hydrogen-bond acceptors (Lipinski definition) is 3. The molecule has 0 bridgehead atoms. The van der Waals surface area contributed by atoms with Crippen LogP contribution < -0.4 is 10.1 Å². The van der Waals surface area contributed by atoms with E-state index >= 15 is 0 Å². The molecule has 1 heterocycles. The van der Waals surface area contributed by atoms with Gasteiger partial charge in [-0.2, -0.15) is 13.2 Å². The molecule has 0 saturated carbocycles. The van der Waals surface area contributed by atoms with E-state index in [4.69, 9.17) is 4.74 Å². The van der Waals surface area contributed by atoms with E-state index in [1.54, 1.807) is 6.07 Å². The number of nitrogens with one attached hydrogen (secondary N) is 1. The van der Waals surface area contributed by atoms with Crippen molar-refractivity contribution in [2.45, 2.75) is 38.9 Å². The molecule has 1 aliphatic rings. The number of piperazine rings is 1. The van der Waals surface area contributed by atoms with E-state index in [2.05, 4.69) is 20.1 Å². The van der Waals surface area contributed by atoms with E-state index in [0.717, 1.165) is 37.7 Å². The molecule has 1 fully saturated rings. The van der Waals surface area contributed by atoms with Gasteiger partial charge in [0.15, 0.2) is 17.5 Å². The average molecular weight is 546 g/mol. The summed E-state index contributed by atoms with van der Waals surface area (Å²) in [6.45, 7) is 6.81. The lowest BCUT2D eigenvalue weighted by Gasteiger charge is -2.36. The van der Waals surface area contributed by atoms with Gasteiger partial charge in [-0.1, -0.05) is 6.07 Å². The standard InChI is InChI=1S/C20H30F4N4O.HI/c1-3-25-19(26-9-5-4-8-20(22,23)24)28-12-10-27(11-13-28)15-16-6-7-18(29-2)17(21)14-16;/h6-7,14H,3-5,8-13,15H2,1-2H3,(H,25,26);1H. The summed E-state index contributed by atoms with van der Waals surface area (Å²) in [7, 11) is 1.44. The Bertz CT molecular complexity index is 665. The minimum absolute atomic E-state index is 0. The first kappa shape index (κ1) is 26.7. The fraction of sp³-hybridized carbons (Fsp3) is 0.650. The molecule has 0 atom stereocenters. The molecule has 0 spiro atoms. The molecular weight excluding hydrogens is 515 g/mol. The number of hydrogen-bond donors (Lipinski definition) is 1. The van der Waals surface area contributed by atoms with Crippen LogP contribution in [0.3, 0.4) is 0 Å². The third-order valence-corrected chi connectivity index (χ3v) is 4.76. The third kappa shape index (κ3) is 9.23. The number of halogens is 5. The van der Waals surface area contributed by atoms with E-state index in [1.807, 2.05) is 13.0 Å². The normalized spacial score (nSPS) is 15.7. The highest BCUT2D eigenvalue weighted by molar-refractivity contribution is 14.0. The van der Waals surface area contributed by atoms with Crippen LogP contribution in [-0.2, 0) is 6.54 Å². The van der Waals surface area contributed by atoms with Gasteiger partial charge in [0.2, 0.25) is 0 Å². The number of nitrogens with zero attached hydrogens (tertiary/aromatic N) is 3. The molecule has 2 rings (SSSR count). The number of unbranched alkanes of at least 4 members (excludes halogenated alkanes) is 1. The Labute approximate surface area is 192 Å². The van der Waals surface area contributed by atoms with Crippen LogP contribution in [0.1, 0.15) is 31.7 Å². The quantitative estimate of drug-likeness (QED) is 0.174. The van der Waals surface area contributed by atoms with Crippen molar-refractivity contribution in [2.75, 3.05) is 46.4 Å². The van der Waals surface area contributed by atoms with Crippen molar-refractivity contribution in [1.29, 1.82) is 0 Å². The molecule has 10 heteroatoms. The van der Waals surface area contributed by atoms with Gasteiger partial charge in [-0.3, -0.25) is 9.89 Å². The number of alkyl halides is 3. The van der Waals surface area contributed by atoms with Crippen LogP contribution in [-0.4, -0.2) is 68.3 Å². The lowest BCUT2D eigenvalue weighted by Crippen LogP contribution is -2.52. The Morgan fingerprint density at radius 1 is 1.17 bits per heavy atom. The molecule has 1 aliphatic heterocycles. The van der Waals surface area contributed by atoms with Crippen molar-refractivity contribution >= 4 is 29.9 Å². The number of ether oxygens (including phenoxy) is 1. The van der Waals surface area contributed by atoms with Gasteiger partial charge in [0, 0.05) is 52.2 Å². The monoisotopic (exact) mass is 546 g/mol. The Morgan fingerprint density at radius 2 is 1.87 bits per heavy atom. The van der Waals surface area contributed by atoms with Crippen molar-refractivity contribution in [1.82, 2.24) is 15.1 Å². The van der Waals surface area contributed by atoms with Crippen LogP contribution in [0.4, 0.5) is 17.6 Å². The summed E-state index contributed by atoms with van der Waals surface area (Å²) >= 11 is 0. The Kier molecular flexibility index (Phi) is 11.7. The summed E-state index contributed by atoms with van der Waals surface area (Å²) in [5.74, 6) is 0.616. The summed E-state index contributed by atoms with van der Waals surface area (Å²) in [6.07, 6.45) is -4.35. The van der Waals surface area contributed by atoms with Crippen LogP contribution in [0.15, 0.2) is 23.2 Å². The molecule has 1 saturated heterocycles. The fourth-order valence-corrected chi connectivity index (χ4v) is 3.23. The fourth-order valence-electron chi connectivity index (χ4n) is 3.23. The largest absolute Gasteiger partial charge is 0.494 e. The minimum Gasteiger partial charge on any atom is -0.494 e. The first-order chi connectivity index (χ1) is 13.8. The van der Waals surface area contributed by atoms with Crippen LogP contribution in [0.5, 0.6) is 5.75 Å². The molecular formula is C20H31F4IN4O. The molecule has 0 radical (unpaired) electrons. The van der Waals surface area contributed by atoms with Gasteiger partial charge in [0.1, 0.15) is 0 Å². The highest BCUT2D eigenvalue weighted by Gasteiger charge is 2.26. The van der Waals surface area contributed by atoms with Gasteiger partial charge in [-0.25, -0.2) is 4.39 Å². The number of benzene rings is 1. The summed E-state index contributed by atoms with van der Waals surface area (Å²) in [5, 5.41) is 3.22. The molecule has 0 unspecified atom stereocenters. The summed E-state index contributed by atoms with van der Waals surface area (Å²) in [4.78, 5) is 8.84. The van der Waals surface area contributed by atoms with Crippen molar-refractivity contribution < 1.29 is 22.3 Å². The van der Waals surface area contributed by atoms with E-state index in [1.165, 1.54) is 13.2 Å². The molecule has 1 aromatic rings. The SMILES string of the molecule is CCNC(=NCCCCC(F)(F)F)N1CCN(Cc2ccc(OC)c(F)c2)CC1.I. The maximum Gasteiger partial charge on any atom is 0.389 e. The lowest BCUT2D eigenvalue weighted by molar-refractivity contribution is -0.135. The molecule has 30 heavy (non-hydrogen) atoms.